The van der Waals surface area contributed by atoms with Crippen molar-refractivity contribution >= 4 is 5.82 Å². The minimum absolute atomic E-state index is 0.317. The second-order valence-electron chi connectivity index (χ2n) is 5.43. The Labute approximate surface area is 108 Å². The van der Waals surface area contributed by atoms with Gasteiger partial charge in [-0.2, -0.15) is 4.98 Å². The van der Waals surface area contributed by atoms with Gasteiger partial charge in [-0.3, -0.25) is 4.98 Å². The lowest BCUT2D eigenvalue weighted by atomic mass is 9.77. The zero-order valence-corrected chi connectivity index (χ0v) is 11.4. The average molecular weight is 250 g/mol. The average Bonchev–Trinajstić information content (AvgIpc) is 2.37. The molecule has 1 aliphatic heterocycles. The summed E-state index contributed by atoms with van der Waals surface area (Å²) >= 11 is 0. The number of hydrogen-bond donors (Lipinski definition) is 2. The van der Waals surface area contributed by atoms with Crippen LogP contribution in [0.3, 0.4) is 0 Å². The molecule has 1 aromatic rings. The first-order valence-corrected chi connectivity index (χ1v) is 6.45. The molecular weight excluding hydrogens is 228 g/mol. The first kappa shape index (κ1) is 13.1. The smallest absolute Gasteiger partial charge is 0.233 e. The van der Waals surface area contributed by atoms with Crippen molar-refractivity contribution in [2.75, 3.05) is 25.5 Å². The highest BCUT2D eigenvalue weighted by molar-refractivity contribution is 5.33. The number of piperidine rings is 1. The van der Waals surface area contributed by atoms with E-state index in [1.807, 2.05) is 0 Å². The number of rotatable bonds is 4. The topological polar surface area (TPSA) is 59.1 Å². The Bertz CT molecular complexity index is 394. The fourth-order valence-corrected chi connectivity index (χ4v) is 2.36. The van der Waals surface area contributed by atoms with E-state index in [4.69, 9.17) is 4.74 Å². The molecule has 5 nitrogen and oxygen atoms in total. The summed E-state index contributed by atoms with van der Waals surface area (Å²) in [4.78, 5) is 8.38. The molecule has 2 N–H and O–H groups in total. The van der Waals surface area contributed by atoms with Gasteiger partial charge in [0, 0.05) is 12.6 Å². The number of nitrogens with one attached hydrogen (secondary N) is 2. The fraction of sp³-hybridized carbons (Fsp3) is 0.692. The summed E-state index contributed by atoms with van der Waals surface area (Å²) in [5, 5.41) is 6.89. The Kier molecular flexibility index (Phi) is 4.01. The van der Waals surface area contributed by atoms with E-state index in [-0.39, 0.29) is 0 Å². The molecule has 1 atom stereocenters. The fourth-order valence-electron chi connectivity index (χ4n) is 2.36. The van der Waals surface area contributed by atoms with Crippen LogP contribution in [0.5, 0.6) is 5.88 Å². The molecular formula is C13H22N4O. The second-order valence-corrected chi connectivity index (χ2v) is 5.43. The highest BCUT2D eigenvalue weighted by Gasteiger charge is 2.31. The number of hydrogen-bond acceptors (Lipinski definition) is 5. The number of ether oxygens (including phenoxy) is 1. The number of methoxy groups -OCH3 is 1. The van der Waals surface area contributed by atoms with Gasteiger partial charge >= 0.3 is 0 Å². The van der Waals surface area contributed by atoms with Crippen molar-refractivity contribution in [3.05, 3.63) is 12.4 Å². The summed E-state index contributed by atoms with van der Waals surface area (Å²) in [5.74, 6) is 1.30. The van der Waals surface area contributed by atoms with Gasteiger partial charge in [-0.15, -0.1) is 0 Å². The third-order valence-electron chi connectivity index (χ3n) is 3.64. The van der Waals surface area contributed by atoms with Crippen LogP contribution in [0.25, 0.3) is 0 Å². The monoisotopic (exact) mass is 250 g/mol. The van der Waals surface area contributed by atoms with Crippen LogP contribution >= 0.6 is 0 Å². The number of aromatic nitrogens is 2. The van der Waals surface area contributed by atoms with Crippen LogP contribution in [0, 0.1) is 5.41 Å². The van der Waals surface area contributed by atoms with Crippen LogP contribution in [0.2, 0.25) is 0 Å². The van der Waals surface area contributed by atoms with E-state index < -0.39 is 0 Å². The number of anilines is 1. The molecule has 100 valence electrons. The van der Waals surface area contributed by atoms with Crippen LogP contribution in [-0.2, 0) is 0 Å². The predicted molar refractivity (Wildman–Crippen MR) is 71.9 cm³/mol. The molecule has 0 saturated carbocycles. The first-order chi connectivity index (χ1) is 8.62. The van der Waals surface area contributed by atoms with E-state index in [1.54, 1.807) is 19.5 Å². The third kappa shape index (κ3) is 3.10. The molecule has 18 heavy (non-hydrogen) atoms. The normalized spacial score (nSPS) is 22.5. The van der Waals surface area contributed by atoms with Gasteiger partial charge in [-0.05, 0) is 24.8 Å². The molecule has 1 aliphatic rings. The molecule has 0 aliphatic carbocycles. The summed E-state index contributed by atoms with van der Waals surface area (Å²) in [6.07, 6.45) is 5.84. The van der Waals surface area contributed by atoms with Crippen molar-refractivity contribution in [1.29, 1.82) is 0 Å². The van der Waals surface area contributed by atoms with Crippen molar-refractivity contribution in [1.82, 2.24) is 15.3 Å². The zero-order chi connectivity index (χ0) is 13.0. The maximum atomic E-state index is 5.06. The van der Waals surface area contributed by atoms with Crippen LogP contribution < -0.4 is 15.4 Å². The lowest BCUT2D eigenvalue weighted by Crippen LogP contribution is -2.50. The molecule has 0 aromatic carbocycles. The molecule has 2 rings (SSSR count). The molecule has 0 spiro atoms. The Morgan fingerprint density at radius 3 is 3.06 bits per heavy atom. The van der Waals surface area contributed by atoms with Gasteiger partial charge in [0.15, 0.2) is 0 Å². The van der Waals surface area contributed by atoms with Gasteiger partial charge in [0.2, 0.25) is 5.88 Å². The molecule has 1 saturated heterocycles. The molecule has 2 heterocycles. The lowest BCUT2D eigenvalue weighted by molar-refractivity contribution is 0.188. The van der Waals surface area contributed by atoms with Gasteiger partial charge < -0.3 is 15.4 Å². The standard InChI is InChI=1S/C13H22N4O/c1-13(2)5-4-6-15-10(13)7-16-11-8-14-9-12(17-11)18-3/h8-10,15H,4-7H2,1-3H3,(H,16,17). The molecule has 0 radical (unpaired) electrons. The first-order valence-electron chi connectivity index (χ1n) is 6.45. The van der Waals surface area contributed by atoms with Crippen molar-refractivity contribution in [3.8, 4) is 5.88 Å². The van der Waals surface area contributed by atoms with Crippen molar-refractivity contribution < 1.29 is 4.74 Å². The summed E-state index contributed by atoms with van der Waals surface area (Å²) in [6, 6.07) is 0.458. The number of nitrogens with zero attached hydrogens (tertiary/aromatic N) is 2. The van der Waals surface area contributed by atoms with Gasteiger partial charge in [0.1, 0.15) is 5.82 Å². The summed E-state index contributed by atoms with van der Waals surface area (Å²) in [7, 11) is 1.60. The summed E-state index contributed by atoms with van der Waals surface area (Å²) in [5.41, 5.74) is 0.317. The highest BCUT2D eigenvalue weighted by Crippen LogP contribution is 2.30. The maximum absolute atomic E-state index is 5.06. The van der Waals surface area contributed by atoms with E-state index in [2.05, 4.69) is 34.4 Å². The summed E-state index contributed by atoms with van der Waals surface area (Å²) < 4.78 is 5.06. The molecule has 1 fully saturated rings. The SMILES string of the molecule is COc1cncc(NCC2NCCCC2(C)C)n1. The Hall–Kier alpha value is -1.36. The highest BCUT2D eigenvalue weighted by atomic mass is 16.5. The van der Waals surface area contributed by atoms with E-state index >= 15 is 0 Å². The second kappa shape index (κ2) is 5.52. The van der Waals surface area contributed by atoms with Gasteiger partial charge in [-0.1, -0.05) is 13.8 Å². The summed E-state index contributed by atoms with van der Waals surface area (Å²) in [6.45, 7) is 6.57. The van der Waals surface area contributed by atoms with Crippen LogP contribution in [-0.4, -0.2) is 36.2 Å². The van der Waals surface area contributed by atoms with Crippen molar-refractivity contribution in [2.45, 2.75) is 32.7 Å². The zero-order valence-electron chi connectivity index (χ0n) is 11.4. The Balaban J connectivity index is 1.94. The van der Waals surface area contributed by atoms with Crippen molar-refractivity contribution in [2.24, 2.45) is 5.41 Å². The molecule has 5 heteroatoms. The Morgan fingerprint density at radius 2 is 2.33 bits per heavy atom. The lowest BCUT2D eigenvalue weighted by Gasteiger charge is -2.39. The van der Waals surface area contributed by atoms with Gasteiger partial charge in [0.25, 0.3) is 0 Å². The van der Waals surface area contributed by atoms with E-state index in [1.165, 1.54) is 12.8 Å². The van der Waals surface area contributed by atoms with Crippen molar-refractivity contribution in [3.63, 3.8) is 0 Å². The maximum Gasteiger partial charge on any atom is 0.233 e. The van der Waals surface area contributed by atoms with Crippen LogP contribution in [0.15, 0.2) is 12.4 Å². The largest absolute Gasteiger partial charge is 0.480 e. The van der Waals surface area contributed by atoms with Gasteiger partial charge in [0.05, 0.1) is 19.5 Å². The third-order valence-corrected chi connectivity index (χ3v) is 3.64. The van der Waals surface area contributed by atoms with E-state index in [9.17, 15) is 0 Å². The Morgan fingerprint density at radius 1 is 1.50 bits per heavy atom. The van der Waals surface area contributed by atoms with E-state index in [0.29, 0.717) is 17.3 Å². The molecule has 1 unspecified atom stereocenters. The molecule has 0 amide bonds. The van der Waals surface area contributed by atoms with Gasteiger partial charge in [-0.25, -0.2) is 0 Å². The quantitative estimate of drug-likeness (QED) is 0.851. The van der Waals surface area contributed by atoms with Crippen LogP contribution in [0.4, 0.5) is 5.82 Å². The van der Waals surface area contributed by atoms with E-state index in [0.717, 1.165) is 18.9 Å². The molecule has 1 aromatic heterocycles. The molecule has 0 bridgehead atoms. The minimum atomic E-state index is 0.317. The van der Waals surface area contributed by atoms with Crippen LogP contribution in [0.1, 0.15) is 26.7 Å². The minimum Gasteiger partial charge on any atom is -0.480 e. The predicted octanol–water partition coefficient (Wildman–Crippen LogP) is 1.68.